The zero-order valence-corrected chi connectivity index (χ0v) is 13.4. The summed E-state index contributed by atoms with van der Waals surface area (Å²) in [6, 6.07) is 11.9. The van der Waals surface area contributed by atoms with Crippen LogP contribution in [0.5, 0.6) is 0 Å². The molecule has 0 radical (unpaired) electrons. The molecule has 9 heteroatoms. The first kappa shape index (κ1) is 16.6. The molecule has 2 N–H and O–H groups in total. The van der Waals surface area contributed by atoms with Crippen LogP contribution in [-0.2, 0) is 6.54 Å². The van der Waals surface area contributed by atoms with E-state index < -0.39 is 4.92 Å². The second-order valence-corrected chi connectivity index (χ2v) is 5.74. The van der Waals surface area contributed by atoms with Crippen molar-refractivity contribution in [2.45, 2.75) is 12.6 Å². The molecule has 0 amide bonds. The van der Waals surface area contributed by atoms with E-state index in [9.17, 15) is 15.4 Å². The number of piperazine rings is 1. The van der Waals surface area contributed by atoms with Crippen LogP contribution in [0.2, 0.25) is 0 Å². The summed E-state index contributed by atoms with van der Waals surface area (Å²) in [5, 5.41) is 20.3. The van der Waals surface area contributed by atoms with Gasteiger partial charge in [-0.25, -0.2) is 4.98 Å². The number of nitrogens with zero attached hydrogens (tertiary/aromatic N) is 6. The molecule has 2 heterocycles. The van der Waals surface area contributed by atoms with E-state index in [1.165, 1.54) is 0 Å². The normalized spacial score (nSPS) is 17.9. The lowest BCUT2D eigenvalue weighted by Crippen LogP contribution is -2.52. The van der Waals surface area contributed by atoms with Crippen LogP contribution >= 0.6 is 0 Å². The van der Waals surface area contributed by atoms with Crippen molar-refractivity contribution in [3.63, 3.8) is 0 Å². The zero-order chi connectivity index (χ0) is 17.8. The highest BCUT2D eigenvalue weighted by molar-refractivity contribution is 5.54. The third kappa shape index (κ3) is 3.64. The number of nitrogen functional groups attached to an aromatic ring is 1. The minimum Gasteiger partial charge on any atom is -0.378 e. The highest BCUT2D eigenvalue weighted by atomic mass is 16.6. The Bertz CT molecular complexity index is 806. The summed E-state index contributed by atoms with van der Waals surface area (Å²) in [6.45, 7) is 2.38. The van der Waals surface area contributed by atoms with Crippen LogP contribution in [0.15, 0.2) is 36.5 Å². The van der Waals surface area contributed by atoms with Gasteiger partial charge >= 0.3 is 5.69 Å². The molecule has 0 unspecified atom stereocenters. The van der Waals surface area contributed by atoms with E-state index in [0.29, 0.717) is 32.1 Å². The van der Waals surface area contributed by atoms with Gasteiger partial charge in [-0.2, -0.15) is 10.2 Å². The second kappa shape index (κ2) is 7.11. The molecule has 25 heavy (non-hydrogen) atoms. The van der Waals surface area contributed by atoms with Crippen molar-refractivity contribution in [1.82, 2.24) is 14.9 Å². The molecule has 1 fully saturated rings. The third-order valence-corrected chi connectivity index (χ3v) is 4.13. The van der Waals surface area contributed by atoms with Gasteiger partial charge in [0.05, 0.1) is 11.0 Å². The predicted molar refractivity (Wildman–Crippen MR) is 91.6 cm³/mol. The van der Waals surface area contributed by atoms with Crippen molar-refractivity contribution in [2.75, 3.05) is 30.3 Å². The number of hydrogen-bond donors (Lipinski definition) is 1. The molecule has 2 aromatic rings. The Morgan fingerprint density at radius 1 is 1.36 bits per heavy atom. The van der Waals surface area contributed by atoms with Gasteiger partial charge in [-0.05, 0) is 5.56 Å². The Hall–Kier alpha value is -3.25. The number of hydrogen-bond acceptors (Lipinski definition) is 8. The van der Waals surface area contributed by atoms with E-state index in [1.54, 1.807) is 0 Å². The molecule has 1 saturated heterocycles. The first-order chi connectivity index (χ1) is 12.1. The summed E-state index contributed by atoms with van der Waals surface area (Å²) in [4.78, 5) is 22.2. The van der Waals surface area contributed by atoms with E-state index in [2.05, 4.69) is 20.9 Å². The highest BCUT2D eigenvalue weighted by Gasteiger charge is 2.29. The van der Waals surface area contributed by atoms with Gasteiger partial charge in [-0.1, -0.05) is 30.3 Å². The van der Waals surface area contributed by atoms with Crippen molar-refractivity contribution in [3.05, 3.63) is 52.2 Å². The lowest BCUT2D eigenvalue weighted by molar-refractivity contribution is -0.384. The number of anilines is 2. The maximum Gasteiger partial charge on any atom is 0.329 e. The largest absolute Gasteiger partial charge is 0.378 e. The molecule has 1 aliphatic heterocycles. The van der Waals surface area contributed by atoms with Crippen molar-refractivity contribution in [3.8, 4) is 6.07 Å². The zero-order valence-electron chi connectivity index (χ0n) is 13.4. The average molecular weight is 339 g/mol. The molecule has 0 bridgehead atoms. The van der Waals surface area contributed by atoms with Crippen LogP contribution in [0.3, 0.4) is 0 Å². The molecule has 0 spiro atoms. The smallest absolute Gasteiger partial charge is 0.329 e. The fraction of sp³-hybridized carbons (Fsp3) is 0.312. The van der Waals surface area contributed by atoms with Gasteiger partial charge in [0.25, 0.3) is 0 Å². The molecule has 128 valence electrons. The maximum absolute atomic E-state index is 10.8. The number of nitro groups is 1. The molecule has 1 atom stereocenters. The lowest BCUT2D eigenvalue weighted by atomic mass is 10.1. The maximum atomic E-state index is 10.8. The van der Waals surface area contributed by atoms with Crippen LogP contribution < -0.4 is 10.6 Å². The Labute approximate surface area is 144 Å². The van der Waals surface area contributed by atoms with Gasteiger partial charge in [-0.3, -0.25) is 15.0 Å². The van der Waals surface area contributed by atoms with Crippen LogP contribution in [0.25, 0.3) is 0 Å². The molecule has 9 nitrogen and oxygen atoms in total. The van der Waals surface area contributed by atoms with E-state index in [0.717, 1.165) is 11.8 Å². The fourth-order valence-electron chi connectivity index (χ4n) is 2.80. The number of benzene rings is 1. The summed E-state index contributed by atoms with van der Waals surface area (Å²) in [5.74, 6) is 0.137. The molecule has 1 aromatic heterocycles. The van der Waals surface area contributed by atoms with Gasteiger partial charge in [0.15, 0.2) is 0 Å². The number of nitrogens with two attached hydrogens (primary N) is 1. The molecule has 0 saturated carbocycles. The van der Waals surface area contributed by atoms with E-state index in [-0.39, 0.29) is 17.5 Å². The van der Waals surface area contributed by atoms with Crippen molar-refractivity contribution in [1.29, 1.82) is 5.26 Å². The Morgan fingerprint density at radius 3 is 2.76 bits per heavy atom. The molecule has 0 aliphatic carbocycles. The minimum absolute atomic E-state index is 0.171. The van der Waals surface area contributed by atoms with Gasteiger partial charge in [0.2, 0.25) is 11.8 Å². The molecular weight excluding hydrogens is 322 g/mol. The summed E-state index contributed by atoms with van der Waals surface area (Å²) in [6.07, 6.45) is 1.11. The molecule has 1 aliphatic rings. The van der Waals surface area contributed by atoms with Crippen LogP contribution in [0, 0.1) is 21.4 Å². The topological polar surface area (TPSA) is 125 Å². The van der Waals surface area contributed by atoms with Gasteiger partial charge in [-0.15, -0.1) is 0 Å². The summed E-state index contributed by atoms with van der Waals surface area (Å²) in [5.41, 5.74) is 6.46. The average Bonchev–Trinajstić information content (AvgIpc) is 2.62. The van der Waals surface area contributed by atoms with Gasteiger partial charge in [0, 0.05) is 26.2 Å². The molecule has 3 rings (SSSR count). The lowest BCUT2D eigenvalue weighted by Gasteiger charge is -2.38. The first-order valence-corrected chi connectivity index (χ1v) is 7.78. The quantitative estimate of drug-likeness (QED) is 0.650. The van der Waals surface area contributed by atoms with Crippen molar-refractivity contribution in [2.24, 2.45) is 0 Å². The Morgan fingerprint density at radius 2 is 2.12 bits per heavy atom. The molecule has 1 aromatic carbocycles. The summed E-state index contributed by atoms with van der Waals surface area (Å²) >= 11 is 0. The number of rotatable bonds is 4. The fourth-order valence-corrected chi connectivity index (χ4v) is 2.80. The third-order valence-electron chi connectivity index (χ3n) is 4.13. The predicted octanol–water partition coefficient (Wildman–Crippen LogP) is 1.18. The van der Waals surface area contributed by atoms with E-state index in [4.69, 9.17) is 5.73 Å². The van der Waals surface area contributed by atoms with Gasteiger partial charge < -0.3 is 10.6 Å². The monoisotopic (exact) mass is 339 g/mol. The highest BCUT2D eigenvalue weighted by Crippen LogP contribution is 2.22. The standard InChI is InChI=1S/C16H17N7O2/c17-8-13-11-22(16-19-9-14(23(24)25)15(18)20-16)7-6-21(13)10-12-4-2-1-3-5-12/h1-5,9,13H,6-7,10-11H2,(H2,18,19,20)/t13-/m1/s1. The van der Waals surface area contributed by atoms with Crippen LogP contribution in [0.4, 0.5) is 17.5 Å². The van der Waals surface area contributed by atoms with Gasteiger partial charge in [0.1, 0.15) is 12.2 Å². The Balaban J connectivity index is 1.72. The van der Waals surface area contributed by atoms with Crippen molar-refractivity contribution >= 4 is 17.5 Å². The minimum atomic E-state index is -0.616. The van der Waals surface area contributed by atoms with Crippen LogP contribution in [-0.4, -0.2) is 45.5 Å². The number of nitriles is 1. The first-order valence-electron chi connectivity index (χ1n) is 7.78. The summed E-state index contributed by atoms with van der Waals surface area (Å²) < 4.78 is 0. The number of aromatic nitrogens is 2. The second-order valence-electron chi connectivity index (χ2n) is 5.74. The molecular formula is C16H17N7O2. The van der Waals surface area contributed by atoms with Crippen LogP contribution in [0.1, 0.15) is 5.56 Å². The van der Waals surface area contributed by atoms with Crippen molar-refractivity contribution < 1.29 is 4.92 Å². The Kier molecular flexibility index (Phi) is 4.72. The van der Waals surface area contributed by atoms with E-state index >= 15 is 0 Å². The van der Waals surface area contributed by atoms with E-state index in [1.807, 2.05) is 35.2 Å². The SMILES string of the molecule is N#C[C@@H]1CN(c2ncc([N+](=O)[O-])c(N)n2)CCN1Cc1ccccc1. The summed E-state index contributed by atoms with van der Waals surface area (Å²) in [7, 11) is 0.